The lowest BCUT2D eigenvalue weighted by Gasteiger charge is -2.28. The minimum absolute atomic E-state index is 0.247. The van der Waals surface area contributed by atoms with Gasteiger partial charge in [0.05, 0.1) is 56.2 Å². The quantitative estimate of drug-likeness (QED) is 0.0573. The average molecular weight is 1260 g/mol. The number of nitrogens with one attached hydrogen (secondary N) is 3. The summed E-state index contributed by atoms with van der Waals surface area (Å²) in [7, 11) is 0. The van der Waals surface area contributed by atoms with Crippen molar-refractivity contribution in [2.45, 2.75) is 0 Å². The number of ether oxygens (including phenoxy) is 3. The highest BCUT2D eigenvalue weighted by Gasteiger charge is 2.15. The fourth-order valence-electron chi connectivity index (χ4n) is 9.30. The van der Waals surface area contributed by atoms with Crippen LogP contribution >= 0.6 is 43.5 Å². The number of hydrogen-bond donors (Lipinski definition) is 4. The Balaban J connectivity index is 0.000000135. The summed E-state index contributed by atoms with van der Waals surface area (Å²) < 4.78 is 18.0. The number of morpholine rings is 3. The molecule has 20 heteroatoms. The molecule has 3 fully saturated rings. The third kappa shape index (κ3) is 15.8. The number of carbonyl (C=O) groups excluding carboxylic acids is 1. The number of rotatable bonds is 10. The molecular formula is C63H60Br2ClN13O4. The maximum Gasteiger partial charge on any atom is 0.247 e. The first kappa shape index (κ1) is 57.9. The Labute approximate surface area is 503 Å². The summed E-state index contributed by atoms with van der Waals surface area (Å²) in [6.45, 7) is 13.9. The number of hydrogen-bond acceptors (Lipinski definition) is 16. The number of fused-ring (bicyclic) bond motifs is 3. The Morgan fingerprint density at radius 3 is 1.43 bits per heavy atom. The second kappa shape index (κ2) is 28.6. The number of amides is 1. The molecule has 0 unspecified atom stereocenters. The van der Waals surface area contributed by atoms with E-state index in [-0.39, 0.29) is 11.2 Å². The number of anilines is 9. The Hall–Kier alpha value is -8.30. The molecule has 0 spiro atoms. The summed E-state index contributed by atoms with van der Waals surface area (Å²) in [5.41, 5.74) is 17.1. The summed E-state index contributed by atoms with van der Waals surface area (Å²) in [4.78, 5) is 44.9. The minimum Gasteiger partial charge on any atom is -0.399 e. The molecule has 10 aromatic rings. The topological polar surface area (TPSA) is 194 Å². The van der Waals surface area contributed by atoms with Gasteiger partial charge in [-0.05, 0) is 152 Å². The molecule has 3 aliphatic rings. The van der Waals surface area contributed by atoms with E-state index in [0.717, 1.165) is 149 Å². The highest BCUT2D eigenvalue weighted by atomic mass is 79.9. The highest BCUT2D eigenvalue weighted by molar-refractivity contribution is 9.11. The van der Waals surface area contributed by atoms with Crippen molar-refractivity contribution in [1.82, 2.24) is 29.9 Å². The van der Waals surface area contributed by atoms with E-state index in [1.54, 1.807) is 6.20 Å². The average Bonchev–Trinajstić information content (AvgIpc) is 3.68. The van der Waals surface area contributed by atoms with Gasteiger partial charge >= 0.3 is 0 Å². The standard InChI is InChI=1S/C27H25N5O2.C18H17BrN4O.C10H14N2O.C8H4BrClN2/c1-2-25(33)29-22-7-3-5-19(17-22)24-8-4-6-20-18-28-27(31-26(20)24)30-21-9-11-23(12-10-21)32-13-15-34-16-14-32;19-16-3-1-2-13-12-20-18(22-17(13)16)21-14-4-6-15(7-5-14)23-8-10-24-11-9-23;11-9-1-3-10(4-2-9)12-5-7-13-8-6-12;9-6-3-1-2-5-4-11-8(10)12-7(5)6/h2-12,17-18H,1,13-16H2,(H,29,33)(H,28,30,31);1-7,12H,8-11H2,(H,20,21,22);1-4H,5-8,11H2;1-4H. The molecule has 83 heavy (non-hydrogen) atoms. The smallest absolute Gasteiger partial charge is 0.247 e. The minimum atomic E-state index is -0.247. The van der Waals surface area contributed by atoms with Crippen LogP contribution in [0, 0.1) is 0 Å². The molecule has 422 valence electrons. The lowest BCUT2D eigenvalue weighted by Crippen LogP contribution is -2.36. The van der Waals surface area contributed by atoms with E-state index in [1.165, 1.54) is 23.1 Å². The molecule has 1 amide bonds. The van der Waals surface area contributed by atoms with Gasteiger partial charge in [-0.3, -0.25) is 4.79 Å². The third-order valence-corrected chi connectivity index (χ3v) is 15.1. The largest absolute Gasteiger partial charge is 0.399 e. The van der Waals surface area contributed by atoms with Gasteiger partial charge in [0.1, 0.15) is 0 Å². The zero-order valence-corrected chi connectivity index (χ0v) is 49.2. The summed E-state index contributed by atoms with van der Waals surface area (Å²) in [5.74, 6) is 0.868. The van der Waals surface area contributed by atoms with Crippen LogP contribution in [0.1, 0.15) is 0 Å². The van der Waals surface area contributed by atoms with Gasteiger partial charge in [0.15, 0.2) is 0 Å². The molecule has 7 aromatic carbocycles. The predicted molar refractivity (Wildman–Crippen MR) is 343 cm³/mol. The summed E-state index contributed by atoms with van der Waals surface area (Å²) in [5, 5.41) is 12.6. The Morgan fingerprint density at radius 2 is 0.940 bits per heavy atom. The fourth-order valence-corrected chi connectivity index (χ4v) is 10.4. The molecule has 0 bridgehead atoms. The first-order valence-corrected chi connectivity index (χ1v) is 28.9. The maximum absolute atomic E-state index is 11.7. The summed E-state index contributed by atoms with van der Waals surface area (Å²) in [6.07, 6.45) is 6.61. The lowest BCUT2D eigenvalue weighted by atomic mass is 10.0. The van der Waals surface area contributed by atoms with Crippen LogP contribution < -0.4 is 36.4 Å². The van der Waals surface area contributed by atoms with Crippen molar-refractivity contribution in [2.75, 3.05) is 115 Å². The summed E-state index contributed by atoms with van der Waals surface area (Å²) >= 11 is 12.6. The molecule has 3 aromatic heterocycles. The van der Waals surface area contributed by atoms with Gasteiger partial charge in [-0.25, -0.2) is 29.9 Å². The van der Waals surface area contributed by atoms with Gasteiger partial charge in [0.25, 0.3) is 0 Å². The first-order valence-electron chi connectivity index (χ1n) is 27.0. The zero-order valence-electron chi connectivity index (χ0n) is 45.3. The number of para-hydroxylation sites is 3. The van der Waals surface area contributed by atoms with Gasteiger partial charge in [0, 0.05) is 128 Å². The molecule has 6 heterocycles. The normalized spacial score (nSPS) is 14.0. The Morgan fingerprint density at radius 1 is 0.518 bits per heavy atom. The molecule has 17 nitrogen and oxygen atoms in total. The van der Waals surface area contributed by atoms with Crippen molar-refractivity contribution >= 4 is 134 Å². The van der Waals surface area contributed by atoms with Crippen molar-refractivity contribution in [3.05, 3.63) is 197 Å². The van der Waals surface area contributed by atoms with E-state index >= 15 is 0 Å². The number of halogens is 3. The molecular weight excluding hydrogens is 1200 g/mol. The monoisotopic (exact) mass is 1260 g/mol. The molecule has 13 rings (SSSR count). The van der Waals surface area contributed by atoms with Crippen molar-refractivity contribution in [2.24, 2.45) is 0 Å². The number of benzene rings is 7. The van der Waals surface area contributed by atoms with Crippen LogP contribution in [0.4, 0.5) is 51.7 Å². The molecule has 0 radical (unpaired) electrons. The van der Waals surface area contributed by atoms with Gasteiger partial charge in [-0.1, -0.05) is 61.2 Å². The Bertz CT molecular complexity index is 3790. The zero-order chi connectivity index (χ0) is 57.3. The van der Waals surface area contributed by atoms with Crippen molar-refractivity contribution in [3.8, 4) is 11.1 Å². The molecule has 0 aliphatic carbocycles. The third-order valence-electron chi connectivity index (χ3n) is 13.6. The van der Waals surface area contributed by atoms with Crippen LogP contribution in [-0.2, 0) is 19.0 Å². The van der Waals surface area contributed by atoms with Gasteiger partial charge in [0.2, 0.25) is 23.1 Å². The van der Waals surface area contributed by atoms with E-state index in [2.05, 4.69) is 143 Å². The Kier molecular flexibility index (Phi) is 20.0. The fraction of sp³-hybridized carbons (Fsp3) is 0.190. The van der Waals surface area contributed by atoms with Gasteiger partial charge in [-0.15, -0.1) is 0 Å². The van der Waals surface area contributed by atoms with Crippen LogP contribution in [0.3, 0.4) is 0 Å². The van der Waals surface area contributed by atoms with E-state index < -0.39 is 0 Å². The molecule has 0 saturated carbocycles. The molecule has 3 saturated heterocycles. The van der Waals surface area contributed by atoms with E-state index in [4.69, 9.17) is 36.5 Å². The number of nitrogens with two attached hydrogens (primary N) is 1. The second-order valence-electron chi connectivity index (χ2n) is 19.1. The van der Waals surface area contributed by atoms with Crippen molar-refractivity contribution in [1.29, 1.82) is 0 Å². The molecule has 5 N–H and O–H groups in total. The molecule has 3 aliphatic heterocycles. The summed E-state index contributed by atoms with van der Waals surface area (Å²) in [6, 6.07) is 50.0. The highest BCUT2D eigenvalue weighted by Crippen LogP contribution is 2.31. The van der Waals surface area contributed by atoms with Crippen molar-refractivity contribution in [3.63, 3.8) is 0 Å². The van der Waals surface area contributed by atoms with E-state index in [1.807, 2.05) is 116 Å². The van der Waals surface area contributed by atoms with E-state index in [0.29, 0.717) is 17.6 Å². The van der Waals surface area contributed by atoms with Crippen LogP contribution in [0.2, 0.25) is 5.28 Å². The van der Waals surface area contributed by atoms with E-state index in [9.17, 15) is 4.79 Å². The van der Waals surface area contributed by atoms with Gasteiger partial charge < -0.3 is 50.6 Å². The van der Waals surface area contributed by atoms with Crippen LogP contribution in [0.5, 0.6) is 0 Å². The number of aromatic nitrogens is 6. The maximum atomic E-state index is 11.7. The van der Waals surface area contributed by atoms with Crippen LogP contribution in [-0.4, -0.2) is 115 Å². The lowest BCUT2D eigenvalue weighted by molar-refractivity contribution is -0.111. The SMILES string of the molecule is Brc1cccc2cnc(Nc3ccc(N4CCOCC4)cc3)nc12.C=CC(=O)Nc1cccc(-c2cccc3cnc(Nc4ccc(N5CCOCC5)cc4)nc23)c1.Clc1ncc2cccc(Br)c2n1.Nc1ccc(N2CCOCC2)cc1. The predicted octanol–water partition coefficient (Wildman–Crippen LogP) is 13.1. The first-order chi connectivity index (χ1) is 40.6. The number of carbonyl (C=O) groups is 1. The van der Waals surface area contributed by atoms with Gasteiger partial charge in [-0.2, -0.15) is 0 Å². The van der Waals surface area contributed by atoms with Crippen LogP contribution in [0.25, 0.3) is 43.8 Å². The number of nitrogen functional groups attached to an aromatic ring is 1. The molecule has 0 atom stereocenters. The van der Waals surface area contributed by atoms with Crippen LogP contribution in [0.15, 0.2) is 192 Å². The van der Waals surface area contributed by atoms with Crippen molar-refractivity contribution < 1.29 is 19.0 Å². The second-order valence-corrected chi connectivity index (χ2v) is 21.2. The number of nitrogens with zero attached hydrogens (tertiary/aromatic N) is 9.